The van der Waals surface area contributed by atoms with Crippen molar-refractivity contribution in [2.75, 3.05) is 0 Å². The largest absolute Gasteiger partial charge is 0.0616 e. The number of hydrogen-bond donors (Lipinski definition) is 0. The SMILES string of the molecule is [PoH2].c1ccc2ccccc2c1. The van der Waals surface area contributed by atoms with Gasteiger partial charge in [-0.1, -0.05) is 48.5 Å². The van der Waals surface area contributed by atoms with Crippen LogP contribution < -0.4 is 0 Å². The summed E-state index contributed by atoms with van der Waals surface area (Å²) in [7, 11) is 0. The molecule has 0 unspecified atom stereocenters. The molecule has 0 aliphatic rings. The molecule has 0 bridgehead atoms. The Bertz CT molecular complexity index is 276. The standard InChI is InChI=1S/C10H8.Po.2H/c1-2-6-10-8-4-3-7-9(10)5-1;;;/h1-8H;;;. The van der Waals surface area contributed by atoms with Crippen LogP contribution in [0.25, 0.3) is 10.8 Å². The van der Waals surface area contributed by atoms with Crippen LogP contribution in [0.2, 0.25) is 0 Å². The zero-order chi connectivity index (χ0) is 6.81. The van der Waals surface area contributed by atoms with Gasteiger partial charge in [-0.15, -0.1) is 0 Å². The molecule has 0 aliphatic heterocycles. The van der Waals surface area contributed by atoms with Gasteiger partial charge in [0.15, 0.2) is 0 Å². The molecular formula is C10H10Po. The first-order chi connectivity index (χ1) is 4.97. The van der Waals surface area contributed by atoms with Crippen LogP contribution in [0.5, 0.6) is 0 Å². The van der Waals surface area contributed by atoms with Crippen molar-refractivity contribution in [3.8, 4) is 0 Å². The fourth-order valence-electron chi connectivity index (χ4n) is 1.13. The van der Waals surface area contributed by atoms with Crippen LogP contribution in [-0.2, 0) is 0 Å². The minimum Gasteiger partial charge on any atom is -0.0616 e. The molecule has 2 rings (SSSR count). The maximum atomic E-state index is 2.12. The van der Waals surface area contributed by atoms with Gasteiger partial charge in [0.2, 0.25) is 0 Å². The normalized spacial score (nSPS) is 9.09. The molecule has 0 heterocycles. The maximum absolute atomic E-state index is 2.12. The second-order valence-corrected chi connectivity index (χ2v) is 2.35. The Balaban J connectivity index is 0.000000605. The van der Waals surface area contributed by atoms with Crippen LogP contribution in [0, 0.1) is 0 Å². The molecule has 11 heavy (non-hydrogen) atoms. The zero-order valence-electron chi connectivity index (χ0n) is 6.12. The smallest absolute Gasteiger partial charge is 0.0184 e. The van der Waals surface area contributed by atoms with E-state index in [1.54, 1.807) is 0 Å². The third-order valence-electron chi connectivity index (χ3n) is 1.66. The van der Waals surface area contributed by atoms with E-state index in [-0.39, 0.29) is 26.6 Å². The molecule has 2 aromatic carbocycles. The van der Waals surface area contributed by atoms with Gasteiger partial charge in [0.05, 0.1) is 0 Å². The average molecular weight is 339 g/mol. The fourth-order valence-corrected chi connectivity index (χ4v) is 1.13. The van der Waals surface area contributed by atoms with Crippen molar-refractivity contribution in [1.82, 2.24) is 0 Å². The monoisotopic (exact) mass is 339 g/mol. The minimum atomic E-state index is 0. The summed E-state index contributed by atoms with van der Waals surface area (Å²) in [5.74, 6) is 0. The fraction of sp³-hybridized carbons (Fsp3) is 0. The summed E-state index contributed by atoms with van der Waals surface area (Å²) in [6.07, 6.45) is 0. The van der Waals surface area contributed by atoms with E-state index in [9.17, 15) is 0 Å². The summed E-state index contributed by atoms with van der Waals surface area (Å²) in [5, 5.41) is 2.62. The van der Waals surface area contributed by atoms with Gasteiger partial charge >= 0.3 is 26.6 Å². The van der Waals surface area contributed by atoms with Crippen LogP contribution >= 0.6 is 0 Å². The van der Waals surface area contributed by atoms with E-state index >= 15 is 0 Å². The van der Waals surface area contributed by atoms with Gasteiger partial charge in [0, 0.05) is 0 Å². The van der Waals surface area contributed by atoms with Crippen LogP contribution in [0.3, 0.4) is 0 Å². The van der Waals surface area contributed by atoms with Gasteiger partial charge in [-0.25, -0.2) is 0 Å². The van der Waals surface area contributed by atoms with E-state index < -0.39 is 0 Å². The Morgan fingerprint density at radius 3 is 1.09 bits per heavy atom. The van der Waals surface area contributed by atoms with E-state index in [1.165, 1.54) is 10.8 Å². The molecule has 0 saturated carbocycles. The van der Waals surface area contributed by atoms with Crippen molar-refractivity contribution in [2.45, 2.75) is 0 Å². The van der Waals surface area contributed by atoms with Crippen LogP contribution in [0.4, 0.5) is 0 Å². The van der Waals surface area contributed by atoms with E-state index in [0.29, 0.717) is 0 Å². The molecule has 0 aromatic heterocycles. The maximum Gasteiger partial charge on any atom is -0.0184 e. The first kappa shape index (κ1) is 8.69. The molecular weight excluding hydrogens is 329 g/mol. The number of hydrogen-bond acceptors (Lipinski definition) is 0. The van der Waals surface area contributed by atoms with Crippen molar-refractivity contribution < 1.29 is 0 Å². The molecule has 0 amide bonds. The van der Waals surface area contributed by atoms with Crippen molar-refractivity contribution >= 4 is 37.3 Å². The average Bonchev–Trinajstić information content (AvgIpc) is 2.05. The van der Waals surface area contributed by atoms with Crippen molar-refractivity contribution in [3.05, 3.63) is 48.5 Å². The molecule has 0 fully saturated rings. The minimum absolute atomic E-state index is 0. The quantitative estimate of drug-likeness (QED) is 0.688. The van der Waals surface area contributed by atoms with Crippen LogP contribution in [0.1, 0.15) is 0 Å². The van der Waals surface area contributed by atoms with Crippen molar-refractivity contribution in [3.63, 3.8) is 0 Å². The Hall–Kier alpha value is -0.404. The molecule has 0 radical (unpaired) electrons. The Morgan fingerprint density at radius 2 is 0.818 bits per heavy atom. The molecule has 0 atom stereocenters. The summed E-state index contributed by atoms with van der Waals surface area (Å²) >= 11 is 0. The van der Waals surface area contributed by atoms with E-state index in [0.717, 1.165) is 0 Å². The molecule has 56 valence electrons. The van der Waals surface area contributed by atoms with Gasteiger partial charge in [0.1, 0.15) is 0 Å². The first-order valence-corrected chi connectivity index (χ1v) is 3.40. The summed E-state index contributed by atoms with van der Waals surface area (Å²) in [6.45, 7) is 0. The van der Waals surface area contributed by atoms with Gasteiger partial charge in [-0.05, 0) is 10.8 Å². The first-order valence-electron chi connectivity index (χ1n) is 3.40. The topological polar surface area (TPSA) is 0 Å². The van der Waals surface area contributed by atoms with Crippen molar-refractivity contribution in [2.24, 2.45) is 0 Å². The van der Waals surface area contributed by atoms with E-state index in [2.05, 4.69) is 48.5 Å². The third kappa shape index (κ3) is 1.79. The molecule has 0 N–H and O–H groups in total. The predicted octanol–water partition coefficient (Wildman–Crippen LogP) is 1.92. The molecule has 0 spiro atoms. The molecule has 0 nitrogen and oxygen atoms in total. The molecule has 0 aliphatic carbocycles. The second-order valence-electron chi connectivity index (χ2n) is 2.35. The summed E-state index contributed by atoms with van der Waals surface area (Å²) < 4.78 is 0. The van der Waals surface area contributed by atoms with E-state index in [1.807, 2.05) is 0 Å². The molecule has 0 saturated heterocycles. The second kappa shape index (κ2) is 3.84. The number of benzene rings is 2. The zero-order valence-corrected chi connectivity index (χ0v) is 10.0. The Labute approximate surface area is 85.7 Å². The predicted molar refractivity (Wildman–Crippen MR) is 52.5 cm³/mol. The number of rotatable bonds is 0. The summed E-state index contributed by atoms with van der Waals surface area (Å²) in [4.78, 5) is 0. The molecule has 1 heteroatoms. The summed E-state index contributed by atoms with van der Waals surface area (Å²) in [6, 6.07) is 16.7. The van der Waals surface area contributed by atoms with Crippen LogP contribution in [-0.4, -0.2) is 26.6 Å². The Kier molecular flexibility index (Phi) is 3.03. The Morgan fingerprint density at radius 1 is 0.545 bits per heavy atom. The van der Waals surface area contributed by atoms with Gasteiger partial charge in [-0.3, -0.25) is 0 Å². The van der Waals surface area contributed by atoms with Gasteiger partial charge in [0.25, 0.3) is 0 Å². The van der Waals surface area contributed by atoms with Crippen LogP contribution in [0.15, 0.2) is 48.5 Å². The van der Waals surface area contributed by atoms with E-state index in [4.69, 9.17) is 0 Å². The number of fused-ring (bicyclic) bond motifs is 1. The van der Waals surface area contributed by atoms with Gasteiger partial charge < -0.3 is 0 Å². The van der Waals surface area contributed by atoms with Crippen molar-refractivity contribution in [1.29, 1.82) is 0 Å². The third-order valence-corrected chi connectivity index (χ3v) is 1.66. The molecule has 2 aromatic rings. The van der Waals surface area contributed by atoms with Gasteiger partial charge in [-0.2, -0.15) is 0 Å². The summed E-state index contributed by atoms with van der Waals surface area (Å²) in [5.41, 5.74) is 0.